The number of hydrogen-bond donors (Lipinski definition) is 2. The topological polar surface area (TPSA) is 66.8 Å². The summed E-state index contributed by atoms with van der Waals surface area (Å²) in [6.07, 6.45) is 19.1. The first-order valence-corrected chi connectivity index (χ1v) is 11.4. The molecule has 0 radical (unpaired) electrons. The van der Waals surface area contributed by atoms with Crippen LogP contribution in [0.5, 0.6) is 0 Å². The van der Waals surface area contributed by atoms with Crippen LogP contribution in [0.15, 0.2) is 11.6 Å². The van der Waals surface area contributed by atoms with Crippen LogP contribution in [0.1, 0.15) is 104 Å². The highest BCUT2D eigenvalue weighted by molar-refractivity contribution is 7.46. The monoisotopic (exact) mass is 362 g/mol. The van der Waals surface area contributed by atoms with Gasteiger partial charge in [0.2, 0.25) is 0 Å². The molecule has 5 heteroatoms. The maximum Gasteiger partial charge on any atom is 0.469 e. The summed E-state index contributed by atoms with van der Waals surface area (Å²) >= 11 is 0. The Balaban J connectivity index is 4.04. The third kappa shape index (κ3) is 18.2. The van der Waals surface area contributed by atoms with Crippen molar-refractivity contribution in [3.63, 3.8) is 0 Å². The van der Waals surface area contributed by atoms with E-state index in [0.717, 1.165) is 12.8 Å². The largest absolute Gasteiger partial charge is 0.469 e. The molecule has 0 aliphatic rings. The standard InChI is InChI=1S/C19H39O4P/c1-3-5-7-9-11-13-15-19(17-18-23-24(20,21)22)16-14-12-10-8-6-4-2/h17H,3-16,18H2,1-2H3,(H2,20,21,22). The van der Waals surface area contributed by atoms with Gasteiger partial charge in [-0.25, -0.2) is 4.57 Å². The SMILES string of the molecule is CCCCCCCCC(=CCOP(=O)(O)O)CCCCCCCC. The van der Waals surface area contributed by atoms with Gasteiger partial charge in [-0.15, -0.1) is 0 Å². The molecule has 0 rings (SSSR count). The molecule has 0 aliphatic carbocycles. The highest BCUT2D eigenvalue weighted by Crippen LogP contribution is 2.35. The lowest BCUT2D eigenvalue weighted by Crippen LogP contribution is -1.93. The molecule has 0 saturated heterocycles. The summed E-state index contributed by atoms with van der Waals surface area (Å²) in [4.78, 5) is 17.6. The van der Waals surface area contributed by atoms with Gasteiger partial charge in [-0.1, -0.05) is 89.7 Å². The molecule has 2 N–H and O–H groups in total. The zero-order valence-corrected chi connectivity index (χ0v) is 16.7. The quantitative estimate of drug-likeness (QED) is 0.175. The van der Waals surface area contributed by atoms with Crippen molar-refractivity contribution in [3.05, 3.63) is 11.6 Å². The number of phosphoric acid groups is 1. The fraction of sp³-hybridized carbons (Fsp3) is 0.895. The normalized spacial score (nSPS) is 11.7. The lowest BCUT2D eigenvalue weighted by atomic mass is 9.99. The summed E-state index contributed by atoms with van der Waals surface area (Å²) in [6.45, 7) is 4.47. The van der Waals surface area contributed by atoms with E-state index >= 15 is 0 Å². The van der Waals surface area contributed by atoms with Crippen molar-refractivity contribution >= 4 is 7.82 Å². The van der Waals surface area contributed by atoms with Gasteiger partial charge in [0, 0.05) is 0 Å². The van der Waals surface area contributed by atoms with Crippen molar-refractivity contribution in [1.82, 2.24) is 0 Å². The van der Waals surface area contributed by atoms with Crippen LogP contribution in [-0.2, 0) is 9.09 Å². The highest BCUT2D eigenvalue weighted by Gasteiger charge is 2.12. The number of phosphoric ester groups is 1. The molecule has 0 amide bonds. The first kappa shape index (κ1) is 23.9. The molecule has 0 aliphatic heterocycles. The van der Waals surface area contributed by atoms with E-state index in [1.165, 1.54) is 82.6 Å². The van der Waals surface area contributed by atoms with Gasteiger partial charge in [-0.05, 0) is 25.7 Å². The molecule has 144 valence electrons. The van der Waals surface area contributed by atoms with Gasteiger partial charge < -0.3 is 9.79 Å². The van der Waals surface area contributed by atoms with Gasteiger partial charge in [-0.2, -0.15) is 0 Å². The summed E-state index contributed by atoms with van der Waals surface area (Å²) in [5.74, 6) is 0. The Morgan fingerprint density at radius 3 is 1.62 bits per heavy atom. The number of unbranched alkanes of at least 4 members (excludes halogenated alkanes) is 10. The van der Waals surface area contributed by atoms with E-state index in [2.05, 4.69) is 18.4 Å². The molecule has 4 nitrogen and oxygen atoms in total. The molecular weight excluding hydrogens is 323 g/mol. The fourth-order valence-electron chi connectivity index (χ4n) is 2.85. The van der Waals surface area contributed by atoms with Crippen molar-refractivity contribution in [2.45, 2.75) is 104 Å². The molecule has 0 heterocycles. The van der Waals surface area contributed by atoms with Crippen LogP contribution in [0, 0.1) is 0 Å². The molecule has 0 saturated carbocycles. The van der Waals surface area contributed by atoms with Gasteiger partial charge in [0.1, 0.15) is 0 Å². The second kappa shape index (κ2) is 16.3. The van der Waals surface area contributed by atoms with Crippen LogP contribution >= 0.6 is 7.82 Å². The van der Waals surface area contributed by atoms with E-state index in [9.17, 15) is 4.57 Å². The molecule has 0 bridgehead atoms. The van der Waals surface area contributed by atoms with E-state index in [-0.39, 0.29) is 6.61 Å². The molecule has 0 atom stereocenters. The predicted molar refractivity (Wildman–Crippen MR) is 102 cm³/mol. The van der Waals surface area contributed by atoms with Gasteiger partial charge in [0.25, 0.3) is 0 Å². The lowest BCUT2D eigenvalue weighted by Gasteiger charge is -2.09. The summed E-state index contributed by atoms with van der Waals surface area (Å²) in [6, 6.07) is 0. The molecule has 0 fully saturated rings. The zero-order chi connectivity index (χ0) is 18.1. The third-order valence-electron chi connectivity index (χ3n) is 4.32. The first-order valence-electron chi connectivity index (χ1n) is 9.87. The maximum atomic E-state index is 10.8. The smallest absolute Gasteiger partial charge is 0.303 e. The Hall–Kier alpha value is -0.150. The molecule has 24 heavy (non-hydrogen) atoms. The number of rotatable bonds is 17. The predicted octanol–water partition coefficient (Wildman–Crippen LogP) is 6.52. The Morgan fingerprint density at radius 1 is 0.792 bits per heavy atom. The maximum absolute atomic E-state index is 10.8. The fourth-order valence-corrected chi connectivity index (χ4v) is 3.11. The summed E-state index contributed by atoms with van der Waals surface area (Å²) in [7, 11) is -4.36. The molecule has 0 aromatic rings. The zero-order valence-electron chi connectivity index (χ0n) is 15.8. The highest BCUT2D eigenvalue weighted by atomic mass is 31.2. The van der Waals surface area contributed by atoms with Crippen molar-refractivity contribution in [3.8, 4) is 0 Å². The first-order chi connectivity index (χ1) is 11.5. The average molecular weight is 362 g/mol. The minimum Gasteiger partial charge on any atom is -0.303 e. The summed E-state index contributed by atoms with van der Waals surface area (Å²) < 4.78 is 15.3. The van der Waals surface area contributed by atoms with Crippen LogP contribution in [0.4, 0.5) is 0 Å². The van der Waals surface area contributed by atoms with Gasteiger partial charge in [-0.3, -0.25) is 4.52 Å². The van der Waals surface area contributed by atoms with Crippen molar-refractivity contribution in [2.24, 2.45) is 0 Å². The second-order valence-corrected chi connectivity index (χ2v) is 7.92. The van der Waals surface area contributed by atoms with Crippen LogP contribution < -0.4 is 0 Å². The van der Waals surface area contributed by atoms with E-state index in [1.807, 2.05) is 6.08 Å². The molecule has 0 aromatic carbocycles. The van der Waals surface area contributed by atoms with Crippen LogP contribution in [-0.4, -0.2) is 16.4 Å². The molecule has 0 spiro atoms. The second-order valence-electron chi connectivity index (χ2n) is 6.68. The van der Waals surface area contributed by atoms with Crippen molar-refractivity contribution < 1.29 is 18.9 Å². The average Bonchev–Trinajstić information content (AvgIpc) is 2.52. The van der Waals surface area contributed by atoms with Gasteiger partial charge in [0.15, 0.2) is 0 Å². The Morgan fingerprint density at radius 2 is 1.21 bits per heavy atom. The van der Waals surface area contributed by atoms with Crippen LogP contribution in [0.25, 0.3) is 0 Å². The summed E-state index contributed by atoms with van der Waals surface area (Å²) in [5, 5.41) is 0. The lowest BCUT2D eigenvalue weighted by molar-refractivity contribution is 0.215. The third-order valence-corrected chi connectivity index (χ3v) is 4.80. The van der Waals surface area contributed by atoms with Crippen molar-refractivity contribution in [1.29, 1.82) is 0 Å². The van der Waals surface area contributed by atoms with Crippen LogP contribution in [0.2, 0.25) is 0 Å². The minimum absolute atomic E-state index is 0.0191. The molecular formula is C19H39O4P. The Labute approximate surface area is 149 Å². The van der Waals surface area contributed by atoms with Gasteiger partial charge in [0.05, 0.1) is 6.61 Å². The van der Waals surface area contributed by atoms with E-state index in [1.54, 1.807) is 0 Å². The van der Waals surface area contributed by atoms with E-state index in [4.69, 9.17) is 9.79 Å². The van der Waals surface area contributed by atoms with E-state index < -0.39 is 7.82 Å². The minimum atomic E-state index is -4.36. The Kier molecular flexibility index (Phi) is 16.2. The molecule has 0 unspecified atom stereocenters. The van der Waals surface area contributed by atoms with Gasteiger partial charge >= 0.3 is 7.82 Å². The number of allylic oxidation sites excluding steroid dienone is 1. The Bertz CT molecular complexity index is 331. The van der Waals surface area contributed by atoms with E-state index in [0.29, 0.717) is 0 Å². The number of hydrogen-bond acceptors (Lipinski definition) is 2. The van der Waals surface area contributed by atoms with Crippen molar-refractivity contribution in [2.75, 3.05) is 6.61 Å². The molecule has 0 aromatic heterocycles. The van der Waals surface area contributed by atoms with Crippen LogP contribution in [0.3, 0.4) is 0 Å². The summed E-state index contributed by atoms with van der Waals surface area (Å²) in [5.41, 5.74) is 1.30.